The number of ether oxygens (including phenoxy) is 1. The van der Waals surface area contributed by atoms with Gasteiger partial charge in [0.2, 0.25) is 11.8 Å². The minimum atomic E-state index is -0.614. The normalized spacial score (nSPS) is 11.4. The molecule has 0 aliphatic carbocycles. The molecule has 0 saturated heterocycles. The van der Waals surface area contributed by atoms with Crippen molar-refractivity contribution in [3.8, 4) is 22.6 Å². The predicted molar refractivity (Wildman–Crippen MR) is 144 cm³/mol. The molecule has 0 bridgehead atoms. The topological polar surface area (TPSA) is 101 Å². The summed E-state index contributed by atoms with van der Waals surface area (Å²) in [6.07, 6.45) is 2.88. The van der Waals surface area contributed by atoms with Gasteiger partial charge in [0.05, 0.1) is 0 Å². The maximum Gasteiger partial charge on any atom is 0.273 e. The lowest BCUT2D eigenvalue weighted by Crippen LogP contribution is -2.39. The fourth-order valence-electron chi connectivity index (χ4n) is 3.77. The molecule has 0 saturated carbocycles. The number of likely N-dealkylation sites (N-methyl/N-ethyl adjacent to an activating group) is 1. The first-order valence-electron chi connectivity index (χ1n) is 11.7. The first-order valence-corrected chi connectivity index (χ1v) is 11.7. The van der Waals surface area contributed by atoms with Crippen LogP contribution in [-0.2, 0) is 16.6 Å². The van der Waals surface area contributed by atoms with Crippen molar-refractivity contribution in [2.45, 2.75) is 33.7 Å². The third-order valence-electron chi connectivity index (χ3n) is 5.66. The second-order valence-electron chi connectivity index (χ2n) is 8.55. The number of para-hydroxylation sites is 1. The average Bonchev–Trinajstić information content (AvgIpc) is 2.84. The Hall–Kier alpha value is -4.33. The molecular weight excluding hydrogens is 456 g/mol. The number of benzene rings is 2. The molecule has 3 N–H and O–H groups in total. The van der Waals surface area contributed by atoms with Gasteiger partial charge in [0.25, 0.3) is 5.56 Å². The van der Waals surface area contributed by atoms with Crippen molar-refractivity contribution in [2.24, 2.45) is 7.05 Å². The van der Waals surface area contributed by atoms with Crippen LogP contribution >= 0.6 is 0 Å². The van der Waals surface area contributed by atoms with Gasteiger partial charge in [0.1, 0.15) is 23.2 Å². The summed E-state index contributed by atoms with van der Waals surface area (Å²) < 4.78 is 7.81. The Labute approximate surface area is 211 Å². The molecule has 3 aromatic rings. The smallest absolute Gasteiger partial charge is 0.273 e. The predicted octanol–water partition coefficient (Wildman–Crippen LogP) is 4.52. The van der Waals surface area contributed by atoms with Gasteiger partial charge < -0.3 is 25.3 Å². The third-order valence-corrected chi connectivity index (χ3v) is 5.66. The Morgan fingerprint density at radius 2 is 1.83 bits per heavy atom. The number of carbonyl (C=O) groups is 2. The van der Waals surface area contributed by atoms with Crippen LogP contribution in [0, 0.1) is 13.8 Å². The third kappa shape index (κ3) is 6.02. The van der Waals surface area contributed by atoms with Crippen molar-refractivity contribution >= 4 is 23.2 Å². The molecule has 8 nitrogen and oxygen atoms in total. The molecule has 1 atom stereocenters. The number of aryl methyl sites for hydroxylation is 3. The van der Waals surface area contributed by atoms with E-state index in [0.29, 0.717) is 29.1 Å². The summed E-state index contributed by atoms with van der Waals surface area (Å²) in [6.45, 7) is 11.5. The molecule has 36 heavy (non-hydrogen) atoms. The Kier molecular flexibility index (Phi) is 8.32. The largest absolute Gasteiger partial charge is 0.456 e. The minimum absolute atomic E-state index is 0.210. The number of nitrogens with zero attached hydrogens (tertiary/aromatic N) is 1. The van der Waals surface area contributed by atoms with E-state index in [1.165, 1.54) is 10.6 Å². The molecule has 0 radical (unpaired) electrons. The second-order valence-corrected chi connectivity index (χ2v) is 8.55. The maximum atomic E-state index is 12.9. The molecule has 0 spiro atoms. The van der Waals surface area contributed by atoms with E-state index in [9.17, 15) is 14.4 Å². The molecule has 2 aromatic carbocycles. The Bertz CT molecular complexity index is 1340. The Morgan fingerprint density at radius 3 is 2.47 bits per heavy atom. The first-order chi connectivity index (χ1) is 17.1. The molecule has 2 amide bonds. The zero-order valence-electron chi connectivity index (χ0n) is 21.3. The van der Waals surface area contributed by atoms with Gasteiger partial charge >= 0.3 is 0 Å². The van der Waals surface area contributed by atoms with Gasteiger partial charge in [0, 0.05) is 36.6 Å². The highest BCUT2D eigenvalue weighted by atomic mass is 16.5. The molecule has 1 aromatic heterocycles. The Balaban J connectivity index is 2.13. The van der Waals surface area contributed by atoms with Crippen LogP contribution in [0.1, 0.15) is 25.0 Å². The fraction of sp³-hybridized carbons (Fsp3) is 0.250. The molecule has 0 aliphatic rings. The van der Waals surface area contributed by atoms with Gasteiger partial charge in [-0.1, -0.05) is 24.8 Å². The molecule has 3 rings (SSSR count). The van der Waals surface area contributed by atoms with Crippen molar-refractivity contribution in [1.29, 1.82) is 0 Å². The summed E-state index contributed by atoms with van der Waals surface area (Å²) >= 11 is 0. The quantitative estimate of drug-likeness (QED) is 0.385. The average molecular weight is 489 g/mol. The van der Waals surface area contributed by atoms with E-state index in [1.54, 1.807) is 44.4 Å². The zero-order chi connectivity index (χ0) is 26.4. The highest BCUT2D eigenvalue weighted by Gasteiger charge is 2.18. The highest BCUT2D eigenvalue weighted by Crippen LogP contribution is 2.38. The summed E-state index contributed by atoms with van der Waals surface area (Å²) in [6, 6.07) is 12.3. The van der Waals surface area contributed by atoms with Crippen LogP contribution in [0.3, 0.4) is 0 Å². The minimum Gasteiger partial charge on any atom is -0.456 e. The molecule has 188 valence electrons. The SMILES string of the molecule is C=CC(=O)Nc1ccc(Oc2c(C)cccc2C)c(-c2cc(N[C@@H](C)C(=O)NCC)c(=O)n(C)c2)c1. The highest BCUT2D eigenvalue weighted by molar-refractivity contribution is 5.99. The lowest BCUT2D eigenvalue weighted by Gasteiger charge is -2.19. The van der Waals surface area contributed by atoms with Crippen molar-refractivity contribution < 1.29 is 14.3 Å². The zero-order valence-corrected chi connectivity index (χ0v) is 21.3. The monoisotopic (exact) mass is 488 g/mol. The van der Waals surface area contributed by atoms with Crippen LogP contribution in [0.15, 0.2) is 66.1 Å². The standard InChI is InChI=1S/C28H32N4O4/c1-7-25(33)31-21-12-13-24(36-26-17(3)10-9-11-18(26)4)22(15-21)20-14-23(28(35)32(6)16-20)30-19(5)27(34)29-8-2/h7,9-16,19,30H,1,8H2,2-6H3,(H,29,34)(H,31,33)/t19-/m0/s1. The molecule has 0 fully saturated rings. The van der Waals surface area contributed by atoms with Gasteiger partial charge in [-0.05, 0) is 69.2 Å². The van der Waals surface area contributed by atoms with Gasteiger partial charge in [-0.15, -0.1) is 0 Å². The van der Waals surface area contributed by atoms with Crippen LogP contribution < -0.4 is 26.2 Å². The van der Waals surface area contributed by atoms with Gasteiger partial charge in [0.15, 0.2) is 0 Å². The number of carbonyl (C=O) groups excluding carboxylic acids is 2. The van der Waals surface area contributed by atoms with E-state index in [0.717, 1.165) is 16.9 Å². The van der Waals surface area contributed by atoms with E-state index < -0.39 is 6.04 Å². The molecule has 0 aliphatic heterocycles. The van der Waals surface area contributed by atoms with Crippen LogP contribution in [0.2, 0.25) is 0 Å². The lowest BCUT2D eigenvalue weighted by molar-refractivity contribution is -0.121. The Morgan fingerprint density at radius 1 is 1.14 bits per heavy atom. The molecule has 8 heteroatoms. The van der Waals surface area contributed by atoms with Crippen LogP contribution in [-0.4, -0.2) is 29.0 Å². The number of anilines is 2. The van der Waals surface area contributed by atoms with Crippen molar-refractivity contribution in [3.05, 3.63) is 82.8 Å². The van der Waals surface area contributed by atoms with E-state index in [1.807, 2.05) is 39.0 Å². The van der Waals surface area contributed by atoms with Crippen LogP contribution in [0.4, 0.5) is 11.4 Å². The number of pyridine rings is 1. The summed E-state index contributed by atoms with van der Waals surface area (Å²) in [7, 11) is 1.64. The molecule has 1 heterocycles. The van der Waals surface area contributed by atoms with E-state index in [-0.39, 0.29) is 23.1 Å². The molecule has 0 unspecified atom stereocenters. The summed E-state index contributed by atoms with van der Waals surface area (Å²) in [5.74, 6) is 0.723. The van der Waals surface area contributed by atoms with Crippen molar-refractivity contribution in [3.63, 3.8) is 0 Å². The van der Waals surface area contributed by atoms with E-state index in [4.69, 9.17) is 4.74 Å². The van der Waals surface area contributed by atoms with Gasteiger partial charge in [-0.2, -0.15) is 0 Å². The van der Waals surface area contributed by atoms with E-state index >= 15 is 0 Å². The van der Waals surface area contributed by atoms with Crippen molar-refractivity contribution in [2.75, 3.05) is 17.2 Å². The first kappa shape index (κ1) is 26.3. The van der Waals surface area contributed by atoms with E-state index in [2.05, 4.69) is 22.5 Å². The number of rotatable bonds is 9. The van der Waals surface area contributed by atoms with Crippen LogP contribution in [0.5, 0.6) is 11.5 Å². The number of aromatic nitrogens is 1. The lowest BCUT2D eigenvalue weighted by atomic mass is 10.0. The number of nitrogens with one attached hydrogen (secondary N) is 3. The van der Waals surface area contributed by atoms with Gasteiger partial charge in [-0.3, -0.25) is 14.4 Å². The maximum absolute atomic E-state index is 12.9. The number of hydrogen-bond acceptors (Lipinski definition) is 5. The number of amides is 2. The summed E-state index contributed by atoms with van der Waals surface area (Å²) in [5, 5.41) is 8.53. The summed E-state index contributed by atoms with van der Waals surface area (Å²) in [4.78, 5) is 37.0. The fourth-order valence-corrected chi connectivity index (χ4v) is 3.77. The van der Waals surface area contributed by atoms with Gasteiger partial charge in [-0.25, -0.2) is 0 Å². The molecular formula is C28H32N4O4. The van der Waals surface area contributed by atoms with Crippen LogP contribution in [0.25, 0.3) is 11.1 Å². The summed E-state index contributed by atoms with van der Waals surface area (Å²) in [5.41, 5.74) is 3.81. The number of hydrogen-bond donors (Lipinski definition) is 3. The van der Waals surface area contributed by atoms with Crippen molar-refractivity contribution in [1.82, 2.24) is 9.88 Å². The second kappa shape index (κ2) is 11.4.